The van der Waals surface area contributed by atoms with Gasteiger partial charge in [0, 0.05) is 13.1 Å². The molecule has 92 valence electrons. The van der Waals surface area contributed by atoms with Gasteiger partial charge < -0.3 is 5.32 Å². The monoisotopic (exact) mass is 229 g/mol. The highest BCUT2D eigenvalue weighted by Gasteiger charge is 2.29. The molecule has 17 heavy (non-hydrogen) atoms. The molecule has 1 fully saturated rings. The van der Waals surface area contributed by atoms with Gasteiger partial charge in [-0.2, -0.15) is 0 Å². The van der Waals surface area contributed by atoms with Crippen molar-refractivity contribution in [3.63, 3.8) is 0 Å². The molecule has 2 aliphatic rings. The first-order chi connectivity index (χ1) is 8.36. The molecule has 1 unspecified atom stereocenters. The molecule has 1 aliphatic carbocycles. The number of fused-ring (bicyclic) bond motifs is 1. The second-order valence-corrected chi connectivity index (χ2v) is 5.78. The van der Waals surface area contributed by atoms with E-state index in [0.717, 1.165) is 18.4 Å². The van der Waals surface area contributed by atoms with Gasteiger partial charge in [0.2, 0.25) is 0 Å². The molecule has 1 nitrogen and oxygen atoms in total. The lowest BCUT2D eigenvalue weighted by Gasteiger charge is -2.36. The van der Waals surface area contributed by atoms with Crippen LogP contribution in [0.25, 0.3) is 0 Å². The first kappa shape index (κ1) is 11.3. The van der Waals surface area contributed by atoms with Gasteiger partial charge in [-0.15, -0.1) is 0 Å². The summed E-state index contributed by atoms with van der Waals surface area (Å²) < 4.78 is 0. The summed E-state index contributed by atoms with van der Waals surface area (Å²) in [6.07, 6.45) is 7.24. The maximum absolute atomic E-state index is 3.62. The van der Waals surface area contributed by atoms with Gasteiger partial charge in [0.05, 0.1) is 0 Å². The minimum absolute atomic E-state index is 0.778. The van der Waals surface area contributed by atoms with Crippen LogP contribution in [0.15, 0.2) is 18.2 Å². The van der Waals surface area contributed by atoms with Crippen LogP contribution in [0.2, 0.25) is 0 Å². The quantitative estimate of drug-likeness (QED) is 0.773. The van der Waals surface area contributed by atoms with Crippen molar-refractivity contribution in [2.75, 3.05) is 6.54 Å². The molecule has 0 bridgehead atoms. The van der Waals surface area contributed by atoms with Crippen LogP contribution in [0, 0.1) is 12.8 Å². The largest absolute Gasteiger partial charge is 0.312 e. The van der Waals surface area contributed by atoms with Crippen molar-refractivity contribution in [3.05, 3.63) is 34.9 Å². The van der Waals surface area contributed by atoms with Gasteiger partial charge in [-0.25, -0.2) is 0 Å². The number of rotatable bonds is 1. The second kappa shape index (κ2) is 4.81. The summed E-state index contributed by atoms with van der Waals surface area (Å²) in [7, 11) is 0. The number of benzene rings is 1. The zero-order chi connectivity index (χ0) is 11.7. The third-order valence-corrected chi connectivity index (χ3v) is 4.68. The highest BCUT2D eigenvalue weighted by atomic mass is 14.9. The van der Waals surface area contributed by atoms with E-state index in [0.29, 0.717) is 0 Å². The van der Waals surface area contributed by atoms with Crippen molar-refractivity contribution < 1.29 is 0 Å². The summed E-state index contributed by atoms with van der Waals surface area (Å²) in [5.74, 6) is 1.71. The number of nitrogens with one attached hydrogen (secondary N) is 1. The molecule has 3 rings (SSSR count). The maximum Gasteiger partial charge on any atom is 0.0208 e. The Morgan fingerprint density at radius 3 is 2.76 bits per heavy atom. The predicted octanol–water partition coefficient (Wildman–Crippen LogP) is 3.76. The van der Waals surface area contributed by atoms with Crippen molar-refractivity contribution in [1.82, 2.24) is 5.32 Å². The molecule has 1 saturated carbocycles. The molecule has 1 aliphatic heterocycles. The van der Waals surface area contributed by atoms with Crippen molar-refractivity contribution >= 4 is 0 Å². The number of aryl methyl sites for hydroxylation is 1. The second-order valence-electron chi connectivity index (χ2n) is 5.78. The van der Waals surface area contributed by atoms with E-state index >= 15 is 0 Å². The van der Waals surface area contributed by atoms with Crippen molar-refractivity contribution in [1.29, 1.82) is 0 Å². The third kappa shape index (κ3) is 2.13. The zero-order valence-corrected chi connectivity index (χ0v) is 10.8. The topological polar surface area (TPSA) is 12.0 Å². The van der Waals surface area contributed by atoms with E-state index < -0.39 is 0 Å². The normalized spacial score (nSPS) is 25.6. The fourth-order valence-electron chi connectivity index (χ4n) is 3.83. The smallest absolute Gasteiger partial charge is 0.0208 e. The highest BCUT2D eigenvalue weighted by molar-refractivity contribution is 5.39. The van der Waals surface area contributed by atoms with E-state index in [-0.39, 0.29) is 0 Å². The summed E-state index contributed by atoms with van der Waals surface area (Å²) in [5, 5.41) is 3.62. The Morgan fingerprint density at radius 2 is 1.94 bits per heavy atom. The summed E-state index contributed by atoms with van der Waals surface area (Å²) in [6, 6.07) is 6.81. The lowest BCUT2D eigenvalue weighted by Crippen LogP contribution is -2.33. The Bertz CT molecular complexity index is 391. The van der Waals surface area contributed by atoms with Crippen LogP contribution >= 0.6 is 0 Å². The lowest BCUT2D eigenvalue weighted by molar-refractivity contribution is 0.287. The van der Waals surface area contributed by atoms with Crippen LogP contribution in [0.3, 0.4) is 0 Å². The Balaban J connectivity index is 1.92. The van der Waals surface area contributed by atoms with E-state index in [1.165, 1.54) is 44.2 Å². The van der Waals surface area contributed by atoms with Crippen molar-refractivity contribution in [2.24, 2.45) is 5.92 Å². The average molecular weight is 229 g/mol. The van der Waals surface area contributed by atoms with Crippen LogP contribution < -0.4 is 5.32 Å². The molecule has 0 amide bonds. The van der Waals surface area contributed by atoms with Crippen molar-refractivity contribution in [2.45, 2.75) is 51.5 Å². The molecule has 1 heterocycles. The van der Waals surface area contributed by atoms with E-state index in [9.17, 15) is 0 Å². The molecule has 0 spiro atoms. The molecule has 1 atom stereocenters. The van der Waals surface area contributed by atoms with E-state index in [1.54, 1.807) is 11.1 Å². The zero-order valence-electron chi connectivity index (χ0n) is 10.8. The molecule has 1 heteroatoms. The SMILES string of the molecule is Cc1cccc2c1C(C1CCCCC1)CNC2. The summed E-state index contributed by atoms with van der Waals surface area (Å²) in [5.41, 5.74) is 4.74. The Morgan fingerprint density at radius 1 is 1.12 bits per heavy atom. The minimum atomic E-state index is 0.778. The van der Waals surface area contributed by atoms with Gasteiger partial charge in [-0.1, -0.05) is 37.5 Å². The summed E-state index contributed by atoms with van der Waals surface area (Å²) in [4.78, 5) is 0. The summed E-state index contributed by atoms with van der Waals surface area (Å²) >= 11 is 0. The first-order valence-corrected chi connectivity index (χ1v) is 7.15. The van der Waals surface area contributed by atoms with Gasteiger partial charge in [-0.05, 0) is 48.3 Å². The van der Waals surface area contributed by atoms with E-state index in [1.807, 2.05) is 0 Å². The predicted molar refractivity (Wildman–Crippen MR) is 72.2 cm³/mol. The Labute approximate surface area is 105 Å². The van der Waals surface area contributed by atoms with Gasteiger partial charge in [0.25, 0.3) is 0 Å². The van der Waals surface area contributed by atoms with Crippen LogP contribution in [-0.2, 0) is 6.54 Å². The van der Waals surface area contributed by atoms with Crippen molar-refractivity contribution in [3.8, 4) is 0 Å². The van der Waals surface area contributed by atoms with Crippen LogP contribution in [0.4, 0.5) is 0 Å². The van der Waals surface area contributed by atoms with Gasteiger partial charge in [-0.3, -0.25) is 0 Å². The number of hydrogen-bond donors (Lipinski definition) is 1. The standard InChI is InChI=1S/C16H23N/c1-12-6-5-9-14-10-17-11-15(16(12)14)13-7-3-2-4-8-13/h5-6,9,13,15,17H,2-4,7-8,10-11H2,1H3. The first-order valence-electron chi connectivity index (χ1n) is 7.15. The molecular formula is C16H23N. The molecule has 1 N–H and O–H groups in total. The molecule has 1 aromatic carbocycles. The van der Waals surface area contributed by atoms with Gasteiger partial charge >= 0.3 is 0 Å². The van der Waals surface area contributed by atoms with Crippen LogP contribution in [0.1, 0.15) is 54.7 Å². The minimum Gasteiger partial charge on any atom is -0.312 e. The lowest BCUT2D eigenvalue weighted by atomic mass is 9.73. The Kier molecular flexibility index (Phi) is 3.19. The molecule has 0 aromatic heterocycles. The van der Waals surface area contributed by atoms with E-state index in [4.69, 9.17) is 0 Å². The molecular weight excluding hydrogens is 206 g/mol. The van der Waals surface area contributed by atoms with Crippen LogP contribution in [0.5, 0.6) is 0 Å². The Hall–Kier alpha value is -0.820. The molecule has 0 saturated heterocycles. The van der Waals surface area contributed by atoms with Gasteiger partial charge in [0.15, 0.2) is 0 Å². The van der Waals surface area contributed by atoms with Crippen LogP contribution in [-0.4, -0.2) is 6.54 Å². The van der Waals surface area contributed by atoms with Gasteiger partial charge in [0.1, 0.15) is 0 Å². The third-order valence-electron chi connectivity index (χ3n) is 4.68. The fraction of sp³-hybridized carbons (Fsp3) is 0.625. The average Bonchev–Trinajstić information content (AvgIpc) is 2.39. The highest BCUT2D eigenvalue weighted by Crippen LogP contribution is 2.39. The molecule has 0 radical (unpaired) electrons. The summed E-state index contributed by atoms with van der Waals surface area (Å²) in [6.45, 7) is 4.56. The maximum atomic E-state index is 3.62. The van der Waals surface area contributed by atoms with E-state index in [2.05, 4.69) is 30.4 Å². The number of hydrogen-bond acceptors (Lipinski definition) is 1. The fourth-order valence-corrected chi connectivity index (χ4v) is 3.83. The molecule has 1 aromatic rings.